The zero-order valence-electron chi connectivity index (χ0n) is 11.0. The van der Waals surface area contributed by atoms with Gasteiger partial charge >= 0.3 is 5.97 Å². The summed E-state index contributed by atoms with van der Waals surface area (Å²) in [6.45, 7) is 6.18. The summed E-state index contributed by atoms with van der Waals surface area (Å²) in [5.41, 5.74) is 5.24. The van der Waals surface area contributed by atoms with Gasteiger partial charge in [-0.1, -0.05) is 6.92 Å². The van der Waals surface area contributed by atoms with E-state index >= 15 is 0 Å². The van der Waals surface area contributed by atoms with Crippen molar-refractivity contribution in [3.63, 3.8) is 0 Å². The minimum absolute atomic E-state index is 0.0528. The van der Waals surface area contributed by atoms with Crippen LogP contribution in [0, 0.1) is 5.92 Å². The van der Waals surface area contributed by atoms with E-state index < -0.39 is 11.5 Å². The summed E-state index contributed by atoms with van der Waals surface area (Å²) in [7, 11) is 0. The van der Waals surface area contributed by atoms with Gasteiger partial charge in [-0.2, -0.15) is 0 Å². The quantitative estimate of drug-likeness (QED) is 0.596. The molecule has 0 fully saturated rings. The Morgan fingerprint density at radius 3 is 2.41 bits per heavy atom. The molecule has 1 amide bonds. The maximum absolute atomic E-state index is 11.4. The Morgan fingerprint density at radius 2 is 1.94 bits per heavy atom. The number of nitrogens with one attached hydrogen (secondary N) is 1. The minimum Gasteiger partial charge on any atom is -0.481 e. The highest BCUT2D eigenvalue weighted by Gasteiger charge is 2.16. The first-order valence-electron chi connectivity index (χ1n) is 5.98. The zero-order chi connectivity index (χ0) is 13.5. The van der Waals surface area contributed by atoms with Gasteiger partial charge in [-0.15, -0.1) is 0 Å². The first-order valence-corrected chi connectivity index (χ1v) is 5.98. The van der Waals surface area contributed by atoms with Gasteiger partial charge in [0.25, 0.3) is 0 Å². The molecule has 1 atom stereocenters. The van der Waals surface area contributed by atoms with Crippen molar-refractivity contribution in [1.29, 1.82) is 0 Å². The molecule has 4 N–H and O–H groups in total. The normalized spacial score (nSPS) is 13.2. The van der Waals surface area contributed by atoms with Crippen molar-refractivity contribution in [2.75, 3.05) is 6.54 Å². The van der Waals surface area contributed by atoms with Gasteiger partial charge in [-0.05, 0) is 32.6 Å². The fraction of sp³-hybridized carbons (Fsp3) is 0.833. The number of carbonyl (C=O) groups is 2. The molecular formula is C12H24N2O3. The predicted octanol–water partition coefficient (Wildman–Crippen LogP) is 1.12. The summed E-state index contributed by atoms with van der Waals surface area (Å²) < 4.78 is 0. The molecule has 0 aliphatic heterocycles. The summed E-state index contributed by atoms with van der Waals surface area (Å²) in [6.07, 6.45) is 1.93. The number of rotatable bonds is 8. The molecule has 5 heteroatoms. The molecule has 100 valence electrons. The van der Waals surface area contributed by atoms with Crippen molar-refractivity contribution in [1.82, 2.24) is 5.32 Å². The van der Waals surface area contributed by atoms with E-state index in [0.29, 0.717) is 25.3 Å². The average molecular weight is 244 g/mol. The van der Waals surface area contributed by atoms with Crippen LogP contribution < -0.4 is 11.1 Å². The molecule has 0 aromatic carbocycles. The van der Waals surface area contributed by atoms with E-state index in [-0.39, 0.29) is 12.3 Å². The average Bonchev–Trinajstić information content (AvgIpc) is 2.11. The number of carboxylic acid groups (broad SMARTS) is 1. The van der Waals surface area contributed by atoms with E-state index in [9.17, 15) is 9.59 Å². The van der Waals surface area contributed by atoms with Crippen molar-refractivity contribution < 1.29 is 14.7 Å². The van der Waals surface area contributed by atoms with E-state index in [1.807, 2.05) is 20.8 Å². The van der Waals surface area contributed by atoms with Crippen LogP contribution >= 0.6 is 0 Å². The smallest absolute Gasteiger partial charge is 0.303 e. The molecule has 0 saturated heterocycles. The molecule has 0 heterocycles. The summed E-state index contributed by atoms with van der Waals surface area (Å²) in [5, 5.41) is 11.3. The molecule has 5 nitrogen and oxygen atoms in total. The van der Waals surface area contributed by atoms with Crippen LogP contribution in [0.5, 0.6) is 0 Å². The Bertz CT molecular complexity index is 259. The Morgan fingerprint density at radius 1 is 1.35 bits per heavy atom. The number of hydrogen-bond acceptors (Lipinski definition) is 3. The number of hydrogen-bond donors (Lipinski definition) is 3. The van der Waals surface area contributed by atoms with Gasteiger partial charge in [0.15, 0.2) is 0 Å². The minimum atomic E-state index is -0.772. The molecule has 0 spiro atoms. The lowest BCUT2D eigenvalue weighted by Crippen LogP contribution is -2.39. The molecule has 0 aromatic heterocycles. The molecule has 0 saturated carbocycles. The van der Waals surface area contributed by atoms with Gasteiger partial charge in [0.1, 0.15) is 0 Å². The van der Waals surface area contributed by atoms with E-state index in [0.717, 1.165) is 6.42 Å². The van der Waals surface area contributed by atoms with Gasteiger partial charge in [-0.25, -0.2) is 0 Å². The molecule has 0 aromatic rings. The Labute approximate surface area is 103 Å². The molecule has 17 heavy (non-hydrogen) atoms. The highest BCUT2D eigenvalue weighted by atomic mass is 16.4. The Hall–Kier alpha value is -1.10. The number of amides is 1. The van der Waals surface area contributed by atoms with Crippen LogP contribution in [-0.4, -0.2) is 29.1 Å². The molecular weight excluding hydrogens is 220 g/mol. The highest BCUT2D eigenvalue weighted by molar-refractivity contribution is 5.76. The molecule has 0 radical (unpaired) electrons. The van der Waals surface area contributed by atoms with Gasteiger partial charge < -0.3 is 16.2 Å². The van der Waals surface area contributed by atoms with E-state index in [4.69, 9.17) is 10.8 Å². The van der Waals surface area contributed by atoms with Crippen molar-refractivity contribution in [3.05, 3.63) is 0 Å². The largest absolute Gasteiger partial charge is 0.481 e. The zero-order valence-corrected chi connectivity index (χ0v) is 11.0. The molecule has 0 bridgehead atoms. The number of carbonyl (C=O) groups excluding carboxylic acids is 1. The van der Waals surface area contributed by atoms with Crippen molar-refractivity contribution in [3.8, 4) is 0 Å². The second-order valence-corrected chi connectivity index (χ2v) is 5.34. The van der Waals surface area contributed by atoms with Crippen molar-refractivity contribution in [2.24, 2.45) is 11.7 Å². The van der Waals surface area contributed by atoms with E-state index in [1.54, 1.807) is 0 Å². The topological polar surface area (TPSA) is 92.4 Å². The fourth-order valence-electron chi connectivity index (χ4n) is 1.45. The van der Waals surface area contributed by atoms with Gasteiger partial charge in [-0.3, -0.25) is 9.59 Å². The van der Waals surface area contributed by atoms with Crippen molar-refractivity contribution >= 4 is 11.9 Å². The van der Waals surface area contributed by atoms with E-state index in [2.05, 4.69) is 5.32 Å². The third-order valence-electron chi connectivity index (χ3n) is 2.43. The van der Waals surface area contributed by atoms with Crippen LogP contribution in [0.2, 0.25) is 0 Å². The lowest BCUT2D eigenvalue weighted by molar-refractivity contribution is -0.137. The number of carboxylic acids is 1. The predicted molar refractivity (Wildman–Crippen MR) is 66.5 cm³/mol. The van der Waals surface area contributed by atoms with Crippen LogP contribution in [-0.2, 0) is 9.59 Å². The standard InChI is InChI=1S/C12H24N2O3/c1-9(4-5-11(16)17)6-7-14-10(15)8-12(2,3)13/h9H,4-8,13H2,1-3H3,(H,14,15)(H,16,17). The summed E-state index contributed by atoms with van der Waals surface area (Å²) in [5.74, 6) is -0.522. The Balaban J connectivity index is 3.62. The lowest BCUT2D eigenvalue weighted by Gasteiger charge is -2.18. The fourth-order valence-corrected chi connectivity index (χ4v) is 1.45. The first kappa shape index (κ1) is 15.9. The monoisotopic (exact) mass is 244 g/mol. The first-order chi connectivity index (χ1) is 7.70. The van der Waals surface area contributed by atoms with E-state index in [1.165, 1.54) is 0 Å². The lowest BCUT2D eigenvalue weighted by atomic mass is 10.0. The second-order valence-electron chi connectivity index (χ2n) is 5.34. The van der Waals surface area contributed by atoms with Gasteiger partial charge in [0, 0.05) is 24.9 Å². The SMILES string of the molecule is CC(CCNC(=O)CC(C)(C)N)CCC(=O)O. The molecule has 0 aliphatic carbocycles. The Kier molecular flexibility index (Phi) is 6.80. The van der Waals surface area contributed by atoms with Crippen LogP contribution in [0.4, 0.5) is 0 Å². The van der Waals surface area contributed by atoms with Crippen LogP contribution in [0.1, 0.15) is 46.5 Å². The van der Waals surface area contributed by atoms with Crippen LogP contribution in [0.15, 0.2) is 0 Å². The van der Waals surface area contributed by atoms with Crippen molar-refractivity contribution in [2.45, 2.75) is 52.0 Å². The number of aliphatic carboxylic acids is 1. The molecule has 1 unspecified atom stereocenters. The maximum Gasteiger partial charge on any atom is 0.303 e. The van der Waals surface area contributed by atoms with Crippen LogP contribution in [0.25, 0.3) is 0 Å². The third-order valence-corrected chi connectivity index (χ3v) is 2.43. The summed E-state index contributed by atoms with van der Waals surface area (Å²) in [4.78, 5) is 21.8. The third kappa shape index (κ3) is 11.2. The highest BCUT2D eigenvalue weighted by Crippen LogP contribution is 2.09. The number of nitrogens with two attached hydrogens (primary N) is 1. The maximum atomic E-state index is 11.4. The summed E-state index contributed by atoms with van der Waals surface area (Å²) in [6, 6.07) is 0. The van der Waals surface area contributed by atoms with Crippen LogP contribution in [0.3, 0.4) is 0 Å². The molecule has 0 aliphatic rings. The second kappa shape index (κ2) is 7.27. The molecule has 0 rings (SSSR count). The van der Waals surface area contributed by atoms with Gasteiger partial charge in [0.2, 0.25) is 5.91 Å². The van der Waals surface area contributed by atoms with Gasteiger partial charge in [0.05, 0.1) is 0 Å². The summed E-state index contributed by atoms with van der Waals surface area (Å²) >= 11 is 0.